The third-order valence-corrected chi connectivity index (χ3v) is 3.36. The van der Waals surface area contributed by atoms with Crippen molar-refractivity contribution in [3.63, 3.8) is 0 Å². The molecular formula is C14H31N3O. The van der Waals surface area contributed by atoms with Crippen molar-refractivity contribution in [2.45, 2.75) is 39.5 Å². The second-order valence-electron chi connectivity index (χ2n) is 4.74. The zero-order valence-corrected chi connectivity index (χ0v) is 12.5. The van der Waals surface area contributed by atoms with Gasteiger partial charge in [0, 0.05) is 33.2 Å². The summed E-state index contributed by atoms with van der Waals surface area (Å²) in [4.78, 5) is 14.2. The fourth-order valence-electron chi connectivity index (χ4n) is 2.09. The van der Waals surface area contributed by atoms with E-state index in [-0.39, 0.29) is 0 Å². The Kier molecular flexibility index (Phi) is 12.4. The van der Waals surface area contributed by atoms with E-state index >= 15 is 0 Å². The predicted molar refractivity (Wildman–Crippen MR) is 77.8 cm³/mol. The van der Waals surface area contributed by atoms with Gasteiger partial charge in [-0.3, -0.25) is 4.79 Å². The standard InChI is InChI=1S/C12H26N2.C2H5NO/c1-3-5-6-7-8-14-11-9-13(4-2)10-12-14;1-3-2-4/h3-12H2,1-2H3;2H,1H3,(H,3,4). The number of nitrogens with zero attached hydrogens (tertiary/aromatic N) is 2. The van der Waals surface area contributed by atoms with Crippen LogP contribution in [-0.4, -0.2) is 62.5 Å². The Morgan fingerprint density at radius 1 is 1.00 bits per heavy atom. The molecule has 0 aliphatic carbocycles. The van der Waals surface area contributed by atoms with Gasteiger partial charge in [-0.2, -0.15) is 0 Å². The van der Waals surface area contributed by atoms with Gasteiger partial charge in [-0.05, 0) is 19.5 Å². The quantitative estimate of drug-likeness (QED) is 0.555. The van der Waals surface area contributed by atoms with Crippen LogP contribution < -0.4 is 5.32 Å². The Morgan fingerprint density at radius 3 is 2.00 bits per heavy atom. The van der Waals surface area contributed by atoms with Crippen LogP contribution >= 0.6 is 0 Å². The number of piperazine rings is 1. The van der Waals surface area contributed by atoms with Gasteiger partial charge in [-0.1, -0.05) is 33.1 Å². The van der Waals surface area contributed by atoms with Crippen LogP contribution in [0.25, 0.3) is 0 Å². The van der Waals surface area contributed by atoms with Crippen molar-refractivity contribution in [2.75, 3.05) is 46.3 Å². The molecule has 0 aromatic carbocycles. The molecule has 18 heavy (non-hydrogen) atoms. The Bertz CT molecular complexity index is 180. The molecule has 0 aromatic rings. The Labute approximate surface area is 113 Å². The summed E-state index contributed by atoms with van der Waals surface area (Å²) in [5.41, 5.74) is 0. The maximum absolute atomic E-state index is 9.06. The van der Waals surface area contributed by atoms with Crippen LogP contribution in [0, 0.1) is 0 Å². The largest absolute Gasteiger partial charge is 0.362 e. The van der Waals surface area contributed by atoms with Gasteiger partial charge in [0.05, 0.1) is 0 Å². The molecule has 4 nitrogen and oxygen atoms in total. The van der Waals surface area contributed by atoms with Gasteiger partial charge in [0.25, 0.3) is 0 Å². The number of amides is 1. The maximum Gasteiger partial charge on any atom is 0.206 e. The van der Waals surface area contributed by atoms with E-state index in [1.165, 1.54) is 65.0 Å². The SMILES string of the molecule is CCCCCCN1CCN(CC)CC1.CNC=O. The van der Waals surface area contributed by atoms with Gasteiger partial charge in [0.1, 0.15) is 0 Å². The number of carbonyl (C=O) groups excluding carboxylic acids is 1. The molecule has 0 bridgehead atoms. The lowest BCUT2D eigenvalue weighted by atomic mass is 10.2. The van der Waals surface area contributed by atoms with Crippen LogP contribution in [0.4, 0.5) is 0 Å². The summed E-state index contributed by atoms with van der Waals surface area (Å²) in [6.45, 7) is 12.2. The monoisotopic (exact) mass is 257 g/mol. The molecule has 0 spiro atoms. The first-order chi connectivity index (χ1) is 8.78. The van der Waals surface area contributed by atoms with Crippen molar-refractivity contribution in [1.29, 1.82) is 0 Å². The molecule has 1 aliphatic heterocycles. The Morgan fingerprint density at radius 2 is 1.56 bits per heavy atom. The van der Waals surface area contributed by atoms with Crippen molar-refractivity contribution in [3.8, 4) is 0 Å². The van der Waals surface area contributed by atoms with Gasteiger partial charge in [0.15, 0.2) is 0 Å². The van der Waals surface area contributed by atoms with Gasteiger partial charge in [0.2, 0.25) is 6.41 Å². The normalized spacial score (nSPS) is 16.8. The first kappa shape index (κ1) is 17.4. The lowest BCUT2D eigenvalue weighted by molar-refractivity contribution is -0.109. The summed E-state index contributed by atoms with van der Waals surface area (Å²) in [6, 6.07) is 0. The first-order valence-corrected chi connectivity index (χ1v) is 7.34. The van der Waals surface area contributed by atoms with Gasteiger partial charge < -0.3 is 15.1 Å². The van der Waals surface area contributed by atoms with Crippen LogP contribution in [0.1, 0.15) is 39.5 Å². The van der Waals surface area contributed by atoms with Crippen molar-refractivity contribution >= 4 is 6.41 Å². The van der Waals surface area contributed by atoms with E-state index in [4.69, 9.17) is 4.79 Å². The van der Waals surface area contributed by atoms with Crippen molar-refractivity contribution in [2.24, 2.45) is 0 Å². The molecule has 0 saturated carbocycles. The van der Waals surface area contributed by atoms with Crippen LogP contribution in [0.2, 0.25) is 0 Å². The third kappa shape index (κ3) is 9.42. The lowest BCUT2D eigenvalue weighted by Gasteiger charge is -2.33. The number of unbranched alkanes of at least 4 members (excludes halogenated alkanes) is 3. The molecule has 4 heteroatoms. The Hall–Kier alpha value is -0.610. The molecule has 0 radical (unpaired) electrons. The predicted octanol–water partition coefficient (Wildman–Crippen LogP) is 1.57. The molecule has 108 valence electrons. The topological polar surface area (TPSA) is 35.6 Å². The van der Waals surface area contributed by atoms with Crippen LogP contribution in [-0.2, 0) is 4.79 Å². The van der Waals surface area contributed by atoms with E-state index in [1.54, 1.807) is 7.05 Å². The Balaban J connectivity index is 0.000000631. The molecule has 0 aromatic heterocycles. The molecule has 1 aliphatic rings. The summed E-state index contributed by atoms with van der Waals surface area (Å²) >= 11 is 0. The highest BCUT2D eigenvalue weighted by Crippen LogP contribution is 2.05. The van der Waals surface area contributed by atoms with Crippen LogP contribution in [0.3, 0.4) is 0 Å². The second kappa shape index (κ2) is 12.8. The fourth-order valence-corrected chi connectivity index (χ4v) is 2.09. The minimum absolute atomic E-state index is 0.625. The second-order valence-corrected chi connectivity index (χ2v) is 4.74. The van der Waals surface area contributed by atoms with E-state index in [1.807, 2.05) is 0 Å². The lowest BCUT2D eigenvalue weighted by Crippen LogP contribution is -2.46. The molecular weight excluding hydrogens is 226 g/mol. The summed E-state index contributed by atoms with van der Waals surface area (Å²) in [6.07, 6.45) is 6.21. The number of carbonyl (C=O) groups is 1. The number of likely N-dealkylation sites (N-methyl/N-ethyl adjacent to an activating group) is 1. The zero-order valence-electron chi connectivity index (χ0n) is 12.5. The highest BCUT2D eigenvalue weighted by Gasteiger charge is 2.14. The molecule has 0 unspecified atom stereocenters. The molecule has 1 fully saturated rings. The van der Waals surface area contributed by atoms with Crippen LogP contribution in [0.5, 0.6) is 0 Å². The third-order valence-electron chi connectivity index (χ3n) is 3.36. The first-order valence-electron chi connectivity index (χ1n) is 7.34. The highest BCUT2D eigenvalue weighted by atomic mass is 16.1. The summed E-state index contributed by atoms with van der Waals surface area (Å²) in [5, 5.41) is 2.25. The van der Waals surface area contributed by atoms with Crippen molar-refractivity contribution in [1.82, 2.24) is 15.1 Å². The molecule has 1 saturated heterocycles. The van der Waals surface area contributed by atoms with Crippen molar-refractivity contribution < 1.29 is 4.79 Å². The van der Waals surface area contributed by atoms with Gasteiger partial charge in [-0.15, -0.1) is 0 Å². The van der Waals surface area contributed by atoms with E-state index in [0.717, 1.165) is 0 Å². The zero-order chi connectivity index (χ0) is 13.6. The average molecular weight is 257 g/mol. The van der Waals surface area contributed by atoms with E-state index in [9.17, 15) is 0 Å². The van der Waals surface area contributed by atoms with Gasteiger partial charge in [-0.25, -0.2) is 0 Å². The minimum Gasteiger partial charge on any atom is -0.362 e. The number of hydrogen-bond donors (Lipinski definition) is 1. The van der Waals surface area contributed by atoms with E-state index in [0.29, 0.717) is 6.41 Å². The summed E-state index contributed by atoms with van der Waals surface area (Å²) in [5.74, 6) is 0. The minimum atomic E-state index is 0.625. The van der Waals surface area contributed by atoms with E-state index < -0.39 is 0 Å². The average Bonchev–Trinajstić information content (AvgIpc) is 2.44. The smallest absolute Gasteiger partial charge is 0.206 e. The number of rotatable bonds is 7. The van der Waals surface area contributed by atoms with Crippen LogP contribution in [0.15, 0.2) is 0 Å². The molecule has 1 N–H and O–H groups in total. The number of nitrogens with one attached hydrogen (secondary N) is 1. The highest BCUT2D eigenvalue weighted by molar-refractivity contribution is 5.44. The molecule has 0 atom stereocenters. The van der Waals surface area contributed by atoms with E-state index in [2.05, 4.69) is 29.0 Å². The summed E-state index contributed by atoms with van der Waals surface area (Å²) < 4.78 is 0. The molecule has 1 heterocycles. The summed E-state index contributed by atoms with van der Waals surface area (Å²) in [7, 11) is 1.56. The van der Waals surface area contributed by atoms with Gasteiger partial charge >= 0.3 is 0 Å². The molecule has 1 amide bonds. The number of hydrogen-bond acceptors (Lipinski definition) is 3. The van der Waals surface area contributed by atoms with Crippen molar-refractivity contribution in [3.05, 3.63) is 0 Å². The fraction of sp³-hybridized carbons (Fsp3) is 0.929. The molecule has 1 rings (SSSR count). The maximum atomic E-state index is 9.06.